The molecule has 6 heteroatoms. The second-order valence-corrected chi connectivity index (χ2v) is 6.16. The molecule has 19 heavy (non-hydrogen) atoms. The molecule has 0 bridgehead atoms. The lowest BCUT2D eigenvalue weighted by molar-refractivity contribution is 0.146. The molecule has 1 rings (SSSR count). The first-order valence-electron chi connectivity index (χ1n) is 6.32. The number of nitrogens with one attached hydrogen (secondary N) is 1. The van der Waals surface area contributed by atoms with Gasteiger partial charge in [-0.05, 0) is 50.5 Å². The second kappa shape index (κ2) is 6.88. The molecule has 0 atom stereocenters. The van der Waals surface area contributed by atoms with Gasteiger partial charge in [0.15, 0.2) is 0 Å². The maximum Gasteiger partial charge on any atom is 0.242 e. The van der Waals surface area contributed by atoms with Crippen LogP contribution in [0.2, 0.25) is 0 Å². The van der Waals surface area contributed by atoms with Crippen molar-refractivity contribution in [3.8, 4) is 0 Å². The van der Waals surface area contributed by atoms with Crippen LogP contribution in [0.1, 0.15) is 24.5 Å². The number of ether oxygens (including phenoxy) is 1. The third kappa shape index (κ3) is 4.49. The van der Waals surface area contributed by atoms with Gasteiger partial charge < -0.3 is 10.5 Å². The van der Waals surface area contributed by atoms with Crippen molar-refractivity contribution >= 4 is 15.7 Å². The Morgan fingerprint density at radius 1 is 1.26 bits per heavy atom. The van der Waals surface area contributed by atoms with Crippen molar-refractivity contribution in [1.29, 1.82) is 0 Å². The molecule has 108 valence electrons. The lowest BCUT2D eigenvalue weighted by Crippen LogP contribution is -2.26. The topological polar surface area (TPSA) is 81.4 Å². The van der Waals surface area contributed by atoms with E-state index in [9.17, 15) is 8.42 Å². The normalized spacial score (nSPS) is 11.7. The van der Waals surface area contributed by atoms with Gasteiger partial charge in [0.2, 0.25) is 10.0 Å². The summed E-state index contributed by atoms with van der Waals surface area (Å²) in [5.74, 6) is 0. The summed E-state index contributed by atoms with van der Waals surface area (Å²) in [6.07, 6.45) is 0.637. The number of sulfonamides is 1. The smallest absolute Gasteiger partial charge is 0.242 e. The van der Waals surface area contributed by atoms with Crippen molar-refractivity contribution in [3.05, 3.63) is 23.3 Å². The molecule has 0 spiro atoms. The quantitative estimate of drug-likeness (QED) is 0.589. The maximum atomic E-state index is 12.1. The van der Waals surface area contributed by atoms with Crippen LogP contribution in [0.3, 0.4) is 0 Å². The van der Waals surface area contributed by atoms with E-state index in [-0.39, 0.29) is 10.6 Å². The summed E-state index contributed by atoms with van der Waals surface area (Å²) in [5.41, 5.74) is 7.95. The van der Waals surface area contributed by atoms with Gasteiger partial charge in [-0.3, -0.25) is 0 Å². The average molecular weight is 286 g/mol. The summed E-state index contributed by atoms with van der Waals surface area (Å²) < 4.78 is 31.9. The van der Waals surface area contributed by atoms with Crippen molar-refractivity contribution < 1.29 is 13.2 Å². The Morgan fingerprint density at radius 2 is 1.89 bits per heavy atom. The zero-order chi connectivity index (χ0) is 14.5. The number of benzene rings is 1. The summed E-state index contributed by atoms with van der Waals surface area (Å²) in [7, 11) is -3.55. The molecule has 0 aliphatic carbocycles. The molecule has 0 aliphatic rings. The third-order valence-electron chi connectivity index (χ3n) is 2.88. The number of rotatable bonds is 7. The van der Waals surface area contributed by atoms with Gasteiger partial charge in [0, 0.05) is 19.8 Å². The Labute approximate surface area is 115 Å². The van der Waals surface area contributed by atoms with Crippen LogP contribution in [0.5, 0.6) is 0 Å². The van der Waals surface area contributed by atoms with Crippen LogP contribution in [-0.4, -0.2) is 28.2 Å². The Balaban J connectivity index is 2.75. The summed E-state index contributed by atoms with van der Waals surface area (Å²) in [4.78, 5) is 0.145. The molecular weight excluding hydrogens is 264 g/mol. The number of aryl methyl sites for hydroxylation is 2. The molecule has 0 heterocycles. The Bertz CT molecular complexity index is 527. The fraction of sp³-hybridized carbons (Fsp3) is 0.538. The van der Waals surface area contributed by atoms with Gasteiger partial charge in [0.1, 0.15) is 4.90 Å². The van der Waals surface area contributed by atoms with E-state index in [1.54, 1.807) is 12.1 Å². The van der Waals surface area contributed by atoms with E-state index in [1.807, 2.05) is 20.8 Å². The summed E-state index contributed by atoms with van der Waals surface area (Å²) in [6, 6.07) is 3.29. The standard InChI is InChI=1S/C13H22N2O3S/c1-4-18-7-5-6-15-19(16,17)13-9-11(3)10(2)8-12(13)14/h8-9,15H,4-7,14H2,1-3H3. The number of hydrogen-bond donors (Lipinski definition) is 2. The monoisotopic (exact) mass is 286 g/mol. The van der Waals surface area contributed by atoms with E-state index in [0.717, 1.165) is 11.1 Å². The van der Waals surface area contributed by atoms with Crippen molar-refractivity contribution in [2.75, 3.05) is 25.5 Å². The van der Waals surface area contributed by atoms with E-state index < -0.39 is 10.0 Å². The van der Waals surface area contributed by atoms with Gasteiger partial charge >= 0.3 is 0 Å². The molecule has 1 aromatic carbocycles. The van der Waals surface area contributed by atoms with Crippen LogP contribution < -0.4 is 10.5 Å². The molecule has 0 radical (unpaired) electrons. The number of anilines is 1. The van der Waals surface area contributed by atoms with Gasteiger partial charge in [-0.15, -0.1) is 0 Å². The van der Waals surface area contributed by atoms with E-state index in [4.69, 9.17) is 10.5 Å². The largest absolute Gasteiger partial charge is 0.398 e. The Hall–Kier alpha value is -1.11. The van der Waals surface area contributed by atoms with Crippen LogP contribution in [0.15, 0.2) is 17.0 Å². The summed E-state index contributed by atoms with van der Waals surface area (Å²) in [6.45, 7) is 7.19. The van der Waals surface area contributed by atoms with Crippen LogP contribution >= 0.6 is 0 Å². The number of nitrogens with two attached hydrogens (primary N) is 1. The average Bonchev–Trinajstić information content (AvgIpc) is 2.33. The fourth-order valence-electron chi connectivity index (χ4n) is 1.65. The SMILES string of the molecule is CCOCCCNS(=O)(=O)c1cc(C)c(C)cc1N. The highest BCUT2D eigenvalue weighted by atomic mass is 32.2. The maximum absolute atomic E-state index is 12.1. The first-order valence-corrected chi connectivity index (χ1v) is 7.81. The minimum absolute atomic E-state index is 0.145. The van der Waals surface area contributed by atoms with E-state index in [1.165, 1.54) is 0 Å². The minimum Gasteiger partial charge on any atom is -0.398 e. The first kappa shape index (κ1) is 15.9. The molecule has 0 unspecified atom stereocenters. The zero-order valence-electron chi connectivity index (χ0n) is 11.7. The van der Waals surface area contributed by atoms with Gasteiger partial charge in [0.25, 0.3) is 0 Å². The van der Waals surface area contributed by atoms with Crippen molar-refractivity contribution in [2.24, 2.45) is 0 Å². The lowest BCUT2D eigenvalue weighted by atomic mass is 10.1. The minimum atomic E-state index is -3.55. The molecule has 1 aromatic rings. The molecule has 0 saturated carbocycles. The van der Waals surface area contributed by atoms with Crippen molar-refractivity contribution in [2.45, 2.75) is 32.1 Å². The van der Waals surface area contributed by atoms with Crippen LogP contribution in [-0.2, 0) is 14.8 Å². The van der Waals surface area contributed by atoms with E-state index >= 15 is 0 Å². The number of nitrogen functional groups attached to an aromatic ring is 1. The molecule has 3 N–H and O–H groups in total. The summed E-state index contributed by atoms with van der Waals surface area (Å²) in [5, 5.41) is 0. The summed E-state index contributed by atoms with van der Waals surface area (Å²) >= 11 is 0. The highest BCUT2D eigenvalue weighted by molar-refractivity contribution is 7.89. The molecule has 5 nitrogen and oxygen atoms in total. The Kier molecular flexibility index (Phi) is 5.78. The van der Waals surface area contributed by atoms with Crippen molar-refractivity contribution in [3.63, 3.8) is 0 Å². The predicted molar refractivity (Wildman–Crippen MR) is 76.6 cm³/mol. The molecule has 0 saturated heterocycles. The molecular formula is C13H22N2O3S. The third-order valence-corrected chi connectivity index (χ3v) is 4.39. The van der Waals surface area contributed by atoms with Crippen molar-refractivity contribution in [1.82, 2.24) is 4.72 Å². The second-order valence-electron chi connectivity index (χ2n) is 4.42. The molecule has 0 aromatic heterocycles. The van der Waals surface area contributed by atoms with Gasteiger partial charge in [0.05, 0.1) is 5.69 Å². The van der Waals surface area contributed by atoms with E-state index in [0.29, 0.717) is 26.2 Å². The number of hydrogen-bond acceptors (Lipinski definition) is 4. The van der Waals surface area contributed by atoms with E-state index in [2.05, 4.69) is 4.72 Å². The van der Waals surface area contributed by atoms with Gasteiger partial charge in [-0.1, -0.05) is 0 Å². The zero-order valence-corrected chi connectivity index (χ0v) is 12.5. The molecule has 0 aliphatic heterocycles. The van der Waals surface area contributed by atoms with Crippen LogP contribution in [0.4, 0.5) is 5.69 Å². The Morgan fingerprint density at radius 3 is 2.53 bits per heavy atom. The fourth-order valence-corrected chi connectivity index (χ4v) is 2.92. The predicted octanol–water partition coefficient (Wildman–Crippen LogP) is 1.59. The molecule has 0 amide bonds. The first-order chi connectivity index (χ1) is 8.88. The highest BCUT2D eigenvalue weighted by Crippen LogP contribution is 2.22. The lowest BCUT2D eigenvalue weighted by Gasteiger charge is -2.11. The highest BCUT2D eigenvalue weighted by Gasteiger charge is 2.17. The van der Waals surface area contributed by atoms with Crippen LogP contribution in [0, 0.1) is 13.8 Å². The van der Waals surface area contributed by atoms with Gasteiger partial charge in [-0.2, -0.15) is 0 Å². The molecule has 0 fully saturated rings. The van der Waals surface area contributed by atoms with Crippen LogP contribution in [0.25, 0.3) is 0 Å². The van der Waals surface area contributed by atoms with Gasteiger partial charge in [-0.25, -0.2) is 13.1 Å².